The second-order valence-corrected chi connectivity index (χ2v) is 7.70. The molecule has 2 aromatic carbocycles. The van der Waals surface area contributed by atoms with Gasteiger partial charge < -0.3 is 10.2 Å². The largest absolute Gasteiger partial charge is 0.367 e. The van der Waals surface area contributed by atoms with Gasteiger partial charge >= 0.3 is 0 Å². The fraction of sp³-hybridized carbons (Fsp3) is 0.217. The molecule has 1 N–H and O–H groups in total. The molecule has 0 bridgehead atoms. The van der Waals surface area contributed by atoms with Gasteiger partial charge in [-0.1, -0.05) is 12.1 Å². The van der Waals surface area contributed by atoms with Crippen LogP contribution in [0.5, 0.6) is 0 Å². The Morgan fingerprint density at radius 2 is 1.91 bits per heavy atom. The van der Waals surface area contributed by atoms with Crippen LogP contribution in [-0.2, 0) is 0 Å². The van der Waals surface area contributed by atoms with Gasteiger partial charge in [-0.15, -0.1) is 15.3 Å². The van der Waals surface area contributed by atoms with Gasteiger partial charge in [0.15, 0.2) is 11.5 Å². The SMILES string of the molecule is N#Cc1ccc(N2CCCC(Nc3ccc4nnc(-c5ccccc5F)n4n3)C2)c(F)c1. The van der Waals surface area contributed by atoms with Crippen molar-refractivity contribution in [3.05, 3.63) is 71.8 Å². The van der Waals surface area contributed by atoms with E-state index in [4.69, 9.17) is 5.26 Å². The van der Waals surface area contributed by atoms with Crippen LogP contribution < -0.4 is 10.2 Å². The smallest absolute Gasteiger partial charge is 0.188 e. The van der Waals surface area contributed by atoms with E-state index in [1.807, 2.05) is 11.0 Å². The maximum atomic E-state index is 14.5. The number of aromatic nitrogens is 4. The molecule has 1 unspecified atom stereocenters. The summed E-state index contributed by atoms with van der Waals surface area (Å²) in [6.45, 7) is 1.32. The summed E-state index contributed by atoms with van der Waals surface area (Å²) in [5.41, 5.74) is 1.62. The molecule has 1 fully saturated rings. The van der Waals surface area contributed by atoms with Gasteiger partial charge in [-0.25, -0.2) is 8.78 Å². The van der Waals surface area contributed by atoms with Crippen molar-refractivity contribution >= 4 is 17.2 Å². The predicted molar refractivity (Wildman–Crippen MR) is 116 cm³/mol. The van der Waals surface area contributed by atoms with Gasteiger partial charge in [-0.3, -0.25) is 0 Å². The Kier molecular flexibility index (Phi) is 5.11. The lowest BCUT2D eigenvalue weighted by atomic mass is 10.0. The van der Waals surface area contributed by atoms with E-state index in [1.165, 1.54) is 16.6 Å². The van der Waals surface area contributed by atoms with Gasteiger partial charge in [0.25, 0.3) is 0 Å². The molecule has 1 aliphatic rings. The second-order valence-electron chi connectivity index (χ2n) is 7.70. The van der Waals surface area contributed by atoms with Gasteiger partial charge in [0.05, 0.1) is 22.9 Å². The van der Waals surface area contributed by atoms with Gasteiger partial charge in [-0.05, 0) is 55.3 Å². The van der Waals surface area contributed by atoms with Crippen LogP contribution in [0.4, 0.5) is 20.3 Å². The Bertz CT molecular complexity index is 1330. The number of nitrogens with one attached hydrogen (secondary N) is 1. The Morgan fingerprint density at radius 1 is 1.03 bits per heavy atom. The Hall–Kier alpha value is -4.06. The maximum Gasteiger partial charge on any atom is 0.188 e. The van der Waals surface area contributed by atoms with Crippen molar-refractivity contribution in [3.8, 4) is 17.5 Å². The monoisotopic (exact) mass is 431 g/mol. The molecule has 0 saturated carbocycles. The summed E-state index contributed by atoms with van der Waals surface area (Å²) in [6.07, 6.45) is 1.78. The normalized spacial score (nSPS) is 16.2. The van der Waals surface area contributed by atoms with Gasteiger partial charge in [0.1, 0.15) is 17.5 Å². The van der Waals surface area contributed by atoms with Crippen LogP contribution in [0.1, 0.15) is 18.4 Å². The molecule has 2 aromatic heterocycles. The molecule has 3 heterocycles. The Balaban J connectivity index is 1.38. The zero-order valence-corrected chi connectivity index (χ0v) is 17.0. The lowest BCUT2D eigenvalue weighted by molar-refractivity contribution is 0.517. The molecule has 32 heavy (non-hydrogen) atoms. The number of hydrogen-bond donors (Lipinski definition) is 1. The van der Waals surface area contributed by atoms with E-state index in [0.717, 1.165) is 19.4 Å². The third-order valence-electron chi connectivity index (χ3n) is 5.57. The summed E-state index contributed by atoms with van der Waals surface area (Å²) < 4.78 is 30.3. The molecular formula is C23H19F2N7. The van der Waals surface area contributed by atoms with E-state index in [2.05, 4.69) is 20.6 Å². The van der Waals surface area contributed by atoms with Gasteiger partial charge in [0, 0.05) is 19.1 Å². The van der Waals surface area contributed by atoms with Crippen LogP contribution in [0.25, 0.3) is 17.0 Å². The number of nitrogens with zero attached hydrogens (tertiary/aromatic N) is 6. The van der Waals surface area contributed by atoms with Crippen LogP contribution in [0.2, 0.25) is 0 Å². The average Bonchev–Trinajstić information content (AvgIpc) is 3.22. The van der Waals surface area contributed by atoms with Gasteiger partial charge in [-0.2, -0.15) is 9.78 Å². The number of rotatable bonds is 4. The van der Waals surface area contributed by atoms with Crippen molar-refractivity contribution in [2.24, 2.45) is 0 Å². The van der Waals surface area contributed by atoms with E-state index in [1.54, 1.807) is 42.5 Å². The summed E-state index contributed by atoms with van der Waals surface area (Å²) in [4.78, 5) is 1.97. The zero-order chi connectivity index (χ0) is 22.1. The second kappa shape index (κ2) is 8.23. The molecule has 1 atom stereocenters. The van der Waals surface area contributed by atoms with E-state index in [-0.39, 0.29) is 6.04 Å². The first-order chi connectivity index (χ1) is 15.6. The Morgan fingerprint density at radius 3 is 2.72 bits per heavy atom. The third kappa shape index (κ3) is 3.71. The highest BCUT2D eigenvalue weighted by Gasteiger charge is 2.23. The lowest BCUT2D eigenvalue weighted by Gasteiger charge is -2.35. The van der Waals surface area contributed by atoms with Crippen LogP contribution in [-0.4, -0.2) is 38.9 Å². The minimum Gasteiger partial charge on any atom is -0.367 e. The summed E-state index contributed by atoms with van der Waals surface area (Å²) in [5.74, 6) is 0.131. The fourth-order valence-corrected chi connectivity index (χ4v) is 4.03. The standard InChI is InChI=1S/C23H19F2N7/c24-18-6-2-1-5-17(18)23-29-28-22-10-9-21(30-32(22)23)27-16-4-3-11-31(14-16)20-8-7-15(13-26)12-19(20)25/h1-2,5-10,12,16H,3-4,11,14H2,(H,27,30). The molecule has 5 rings (SSSR count). The number of fused-ring (bicyclic) bond motifs is 1. The highest BCUT2D eigenvalue weighted by atomic mass is 19.1. The quantitative estimate of drug-likeness (QED) is 0.526. The van der Waals surface area contributed by atoms with Crippen LogP contribution >= 0.6 is 0 Å². The molecular weight excluding hydrogens is 412 g/mol. The maximum absolute atomic E-state index is 14.5. The third-order valence-corrected chi connectivity index (χ3v) is 5.57. The number of anilines is 2. The van der Waals surface area contributed by atoms with E-state index < -0.39 is 11.6 Å². The number of piperidine rings is 1. The van der Waals surface area contributed by atoms with Crippen molar-refractivity contribution in [2.45, 2.75) is 18.9 Å². The number of hydrogen-bond acceptors (Lipinski definition) is 6. The highest BCUT2D eigenvalue weighted by molar-refractivity contribution is 5.60. The number of nitriles is 1. The lowest BCUT2D eigenvalue weighted by Crippen LogP contribution is -2.42. The van der Waals surface area contributed by atoms with Crippen molar-refractivity contribution in [1.82, 2.24) is 19.8 Å². The number of halogens is 2. The minimum atomic E-state index is -0.400. The zero-order valence-electron chi connectivity index (χ0n) is 17.0. The Labute approximate surface area is 182 Å². The van der Waals surface area contributed by atoms with Crippen LogP contribution in [0, 0.1) is 23.0 Å². The molecule has 1 aliphatic heterocycles. The van der Waals surface area contributed by atoms with Gasteiger partial charge in [0.2, 0.25) is 0 Å². The fourth-order valence-electron chi connectivity index (χ4n) is 4.03. The molecule has 0 radical (unpaired) electrons. The number of benzene rings is 2. The van der Waals surface area contributed by atoms with Crippen molar-refractivity contribution in [1.29, 1.82) is 5.26 Å². The van der Waals surface area contributed by atoms with Crippen LogP contribution in [0.3, 0.4) is 0 Å². The molecule has 7 nitrogen and oxygen atoms in total. The summed E-state index contributed by atoms with van der Waals surface area (Å²) >= 11 is 0. The summed E-state index contributed by atoms with van der Waals surface area (Å²) in [7, 11) is 0. The predicted octanol–water partition coefficient (Wildman–Crippen LogP) is 4.02. The summed E-state index contributed by atoms with van der Waals surface area (Å²) in [5, 5.41) is 25.1. The van der Waals surface area contributed by atoms with Crippen molar-refractivity contribution < 1.29 is 8.78 Å². The molecule has 0 spiro atoms. The highest BCUT2D eigenvalue weighted by Crippen LogP contribution is 2.26. The molecule has 160 valence electrons. The summed E-state index contributed by atoms with van der Waals surface area (Å²) in [6, 6.07) is 16.5. The average molecular weight is 431 g/mol. The molecule has 4 aromatic rings. The van der Waals surface area contributed by atoms with E-state index in [9.17, 15) is 8.78 Å². The first kappa shape index (κ1) is 19.9. The molecule has 1 saturated heterocycles. The first-order valence-electron chi connectivity index (χ1n) is 10.3. The van der Waals surface area contributed by atoms with E-state index >= 15 is 0 Å². The molecule has 0 amide bonds. The molecule has 0 aliphatic carbocycles. The van der Waals surface area contributed by atoms with Crippen molar-refractivity contribution in [2.75, 3.05) is 23.3 Å². The van der Waals surface area contributed by atoms with Crippen LogP contribution in [0.15, 0.2) is 54.6 Å². The van der Waals surface area contributed by atoms with E-state index in [0.29, 0.717) is 40.6 Å². The first-order valence-corrected chi connectivity index (χ1v) is 10.3. The molecule has 9 heteroatoms. The minimum absolute atomic E-state index is 0.0390. The van der Waals surface area contributed by atoms with Crippen molar-refractivity contribution in [3.63, 3.8) is 0 Å². The topological polar surface area (TPSA) is 82.1 Å².